The summed E-state index contributed by atoms with van der Waals surface area (Å²) in [5.41, 5.74) is 0.908. The number of carbonyl (C=O) groups excluding carboxylic acids is 1. The fourth-order valence-electron chi connectivity index (χ4n) is 4.90. The molecule has 1 amide bonds. The van der Waals surface area contributed by atoms with Crippen molar-refractivity contribution in [1.29, 1.82) is 0 Å². The van der Waals surface area contributed by atoms with Crippen LogP contribution in [0.3, 0.4) is 0 Å². The van der Waals surface area contributed by atoms with Crippen molar-refractivity contribution in [2.45, 2.75) is 40.2 Å². The largest absolute Gasteiger partial charge is 0.351 e. The minimum absolute atomic E-state index is 0.0187. The molecule has 3 aromatic rings. The van der Waals surface area contributed by atoms with Crippen molar-refractivity contribution >= 4 is 38.2 Å². The third-order valence-corrected chi connectivity index (χ3v) is 7.24. The minimum Gasteiger partial charge on any atom is -0.351 e. The van der Waals surface area contributed by atoms with E-state index in [1.807, 2.05) is 31.2 Å². The number of aryl methyl sites for hydroxylation is 1. The summed E-state index contributed by atoms with van der Waals surface area (Å²) in [5, 5.41) is 4.73. The predicted octanol–water partition coefficient (Wildman–Crippen LogP) is 4.33. The van der Waals surface area contributed by atoms with E-state index in [1.54, 1.807) is 10.6 Å². The lowest BCUT2D eigenvalue weighted by Crippen LogP contribution is -2.40. The van der Waals surface area contributed by atoms with Gasteiger partial charge in [-0.05, 0) is 50.3 Å². The van der Waals surface area contributed by atoms with Gasteiger partial charge in [-0.2, -0.15) is 0 Å². The van der Waals surface area contributed by atoms with Crippen LogP contribution in [0.2, 0.25) is 0 Å². The first-order valence-electron chi connectivity index (χ1n) is 11.0. The molecule has 0 unspecified atom stereocenters. The van der Waals surface area contributed by atoms with E-state index in [0.717, 1.165) is 53.5 Å². The van der Waals surface area contributed by atoms with Crippen molar-refractivity contribution in [2.75, 3.05) is 26.2 Å². The number of nitrogens with zero attached hydrogens (tertiary/aromatic N) is 2. The van der Waals surface area contributed by atoms with Crippen molar-refractivity contribution in [3.05, 3.63) is 45.6 Å². The van der Waals surface area contributed by atoms with Gasteiger partial charge in [0.25, 0.3) is 11.5 Å². The maximum atomic E-state index is 12.9. The molecular formula is C24H31N3O2S. The van der Waals surface area contributed by atoms with Gasteiger partial charge in [0.15, 0.2) is 0 Å². The Balaban J connectivity index is 1.46. The van der Waals surface area contributed by atoms with E-state index < -0.39 is 0 Å². The zero-order valence-electron chi connectivity index (χ0n) is 18.1. The number of hydrogen-bond donors (Lipinski definition) is 1. The van der Waals surface area contributed by atoms with Crippen LogP contribution in [0.4, 0.5) is 0 Å². The van der Waals surface area contributed by atoms with E-state index in [9.17, 15) is 9.59 Å². The van der Waals surface area contributed by atoms with Crippen LogP contribution >= 0.6 is 11.3 Å². The number of likely N-dealkylation sites (tertiary alicyclic amines) is 1. The SMILES string of the molecule is CCn1c(=O)c2cc(C(=O)NCCCN3C[C@H](C)C[C@H](C)C3)sc2c2ccccc21. The Bertz CT molecular complexity index is 1110. The highest BCUT2D eigenvalue weighted by atomic mass is 32.1. The van der Waals surface area contributed by atoms with Gasteiger partial charge in [-0.3, -0.25) is 9.59 Å². The second-order valence-electron chi connectivity index (χ2n) is 8.74. The smallest absolute Gasteiger partial charge is 0.261 e. The Morgan fingerprint density at radius 1 is 1.17 bits per heavy atom. The molecule has 1 aromatic carbocycles. The molecule has 2 aromatic heterocycles. The Morgan fingerprint density at radius 2 is 1.90 bits per heavy atom. The Morgan fingerprint density at radius 3 is 2.63 bits per heavy atom. The van der Waals surface area contributed by atoms with Gasteiger partial charge < -0.3 is 14.8 Å². The van der Waals surface area contributed by atoms with Crippen molar-refractivity contribution in [3.8, 4) is 0 Å². The summed E-state index contributed by atoms with van der Waals surface area (Å²) in [6, 6.07) is 9.70. The minimum atomic E-state index is -0.0805. The molecule has 4 rings (SSSR count). The average Bonchev–Trinajstić information content (AvgIpc) is 3.17. The van der Waals surface area contributed by atoms with E-state index in [2.05, 4.69) is 24.1 Å². The molecule has 0 saturated carbocycles. The van der Waals surface area contributed by atoms with Gasteiger partial charge in [-0.15, -0.1) is 11.3 Å². The molecule has 0 radical (unpaired) electrons. The quantitative estimate of drug-likeness (QED) is 0.598. The molecule has 0 bridgehead atoms. The number of rotatable bonds is 6. The highest BCUT2D eigenvalue weighted by Gasteiger charge is 2.21. The number of fused-ring (bicyclic) bond motifs is 3. The standard InChI is InChI=1S/C24H31N3O2S/c1-4-27-20-9-6-5-8-18(20)22-19(24(27)29)13-21(30-22)23(28)25-10-7-11-26-14-16(2)12-17(3)15-26/h5-6,8-9,13,16-17H,4,7,10-12,14-15H2,1-3H3,(H,25,28)/t16-,17+. The summed E-state index contributed by atoms with van der Waals surface area (Å²) in [7, 11) is 0. The summed E-state index contributed by atoms with van der Waals surface area (Å²) in [5.74, 6) is 1.43. The lowest BCUT2D eigenvalue weighted by atomic mass is 9.92. The third kappa shape index (κ3) is 4.16. The number of benzene rings is 1. The lowest BCUT2D eigenvalue weighted by molar-refractivity contribution is 0.0951. The first-order valence-corrected chi connectivity index (χ1v) is 11.8. The molecule has 0 aliphatic carbocycles. The number of thiophene rings is 1. The predicted molar refractivity (Wildman–Crippen MR) is 126 cm³/mol. The van der Waals surface area contributed by atoms with Gasteiger partial charge >= 0.3 is 0 Å². The number of pyridine rings is 1. The van der Waals surface area contributed by atoms with E-state index in [0.29, 0.717) is 23.4 Å². The number of nitrogens with one attached hydrogen (secondary N) is 1. The highest BCUT2D eigenvalue weighted by Crippen LogP contribution is 2.30. The van der Waals surface area contributed by atoms with E-state index in [1.165, 1.54) is 17.8 Å². The van der Waals surface area contributed by atoms with Crippen LogP contribution in [-0.2, 0) is 6.54 Å². The first kappa shape index (κ1) is 21.1. The molecule has 5 nitrogen and oxygen atoms in total. The fraction of sp³-hybridized carbons (Fsp3) is 0.500. The zero-order valence-corrected chi connectivity index (χ0v) is 18.9. The van der Waals surface area contributed by atoms with Crippen molar-refractivity contribution in [3.63, 3.8) is 0 Å². The fourth-order valence-corrected chi connectivity index (χ4v) is 6.00. The second kappa shape index (κ2) is 8.90. The van der Waals surface area contributed by atoms with Crippen molar-refractivity contribution < 1.29 is 4.79 Å². The summed E-state index contributed by atoms with van der Waals surface area (Å²) in [4.78, 5) is 28.8. The molecule has 1 aliphatic heterocycles. The van der Waals surface area contributed by atoms with E-state index in [4.69, 9.17) is 0 Å². The van der Waals surface area contributed by atoms with E-state index in [-0.39, 0.29) is 11.5 Å². The molecule has 1 fully saturated rings. The van der Waals surface area contributed by atoms with Crippen LogP contribution in [0.15, 0.2) is 35.1 Å². The number of hydrogen-bond acceptors (Lipinski definition) is 4. The van der Waals surface area contributed by atoms with Gasteiger partial charge in [0.2, 0.25) is 0 Å². The number of piperidine rings is 1. The molecule has 1 saturated heterocycles. The molecule has 160 valence electrons. The van der Waals surface area contributed by atoms with Gasteiger partial charge in [0.05, 0.1) is 15.8 Å². The molecule has 1 N–H and O–H groups in total. The number of carbonyl (C=O) groups is 1. The maximum absolute atomic E-state index is 12.9. The van der Waals surface area contributed by atoms with Crippen molar-refractivity contribution in [2.24, 2.45) is 11.8 Å². The number of aromatic nitrogens is 1. The Kier molecular flexibility index (Phi) is 6.25. The molecule has 30 heavy (non-hydrogen) atoms. The molecular weight excluding hydrogens is 394 g/mol. The zero-order chi connectivity index (χ0) is 21.3. The van der Waals surface area contributed by atoms with Crippen molar-refractivity contribution in [1.82, 2.24) is 14.8 Å². The molecule has 3 heterocycles. The summed E-state index contributed by atoms with van der Waals surface area (Å²) >= 11 is 1.42. The Hall–Kier alpha value is -2.18. The average molecular weight is 426 g/mol. The molecule has 2 atom stereocenters. The summed E-state index contributed by atoms with van der Waals surface area (Å²) in [6.07, 6.45) is 2.26. The normalized spacial score (nSPS) is 20.1. The van der Waals surface area contributed by atoms with Gasteiger partial charge in [0, 0.05) is 36.3 Å². The first-order chi connectivity index (χ1) is 14.5. The van der Waals surface area contributed by atoms with Crippen LogP contribution in [0.5, 0.6) is 0 Å². The van der Waals surface area contributed by atoms with Crippen LogP contribution in [0.25, 0.3) is 21.0 Å². The molecule has 1 aliphatic rings. The van der Waals surface area contributed by atoms with Gasteiger partial charge in [-0.1, -0.05) is 32.0 Å². The summed E-state index contributed by atoms with van der Waals surface area (Å²) in [6.45, 7) is 11.2. The molecule has 0 spiro atoms. The maximum Gasteiger partial charge on any atom is 0.261 e. The monoisotopic (exact) mass is 425 g/mol. The number of para-hydroxylation sites is 1. The number of amides is 1. The van der Waals surface area contributed by atoms with Crippen LogP contribution in [-0.4, -0.2) is 41.6 Å². The molecule has 6 heteroatoms. The van der Waals surface area contributed by atoms with Crippen LogP contribution in [0.1, 0.15) is 43.3 Å². The van der Waals surface area contributed by atoms with E-state index >= 15 is 0 Å². The third-order valence-electron chi connectivity index (χ3n) is 6.07. The second-order valence-corrected chi connectivity index (χ2v) is 9.79. The Labute approximate surface area is 181 Å². The topological polar surface area (TPSA) is 54.3 Å². The highest BCUT2D eigenvalue weighted by molar-refractivity contribution is 7.21. The lowest BCUT2D eigenvalue weighted by Gasteiger charge is -2.34. The van der Waals surface area contributed by atoms with Crippen LogP contribution in [0, 0.1) is 11.8 Å². The van der Waals surface area contributed by atoms with Gasteiger partial charge in [0.1, 0.15) is 0 Å². The van der Waals surface area contributed by atoms with Crippen LogP contribution < -0.4 is 10.9 Å². The summed E-state index contributed by atoms with van der Waals surface area (Å²) < 4.78 is 2.69. The van der Waals surface area contributed by atoms with Gasteiger partial charge in [-0.25, -0.2) is 0 Å².